The molecular formula is C14H19N5O. The highest BCUT2D eigenvalue weighted by molar-refractivity contribution is 5.14. The molecule has 0 aliphatic carbocycles. The first kappa shape index (κ1) is 13.2. The summed E-state index contributed by atoms with van der Waals surface area (Å²) in [6.07, 6.45) is 0. The summed E-state index contributed by atoms with van der Waals surface area (Å²) in [5.41, 5.74) is 1.20. The zero-order chi connectivity index (χ0) is 13.8. The molecule has 1 aromatic heterocycles. The SMILES string of the molecule is C[C@H]1COCCN1Cc1nnnn1Cc1ccccc1. The van der Waals surface area contributed by atoms with Gasteiger partial charge in [-0.15, -0.1) is 5.10 Å². The Balaban J connectivity index is 1.70. The second-order valence-corrected chi connectivity index (χ2v) is 5.13. The number of hydrogen-bond donors (Lipinski definition) is 0. The molecule has 1 aliphatic rings. The fraction of sp³-hybridized carbons (Fsp3) is 0.500. The van der Waals surface area contributed by atoms with Crippen LogP contribution in [-0.4, -0.2) is 50.9 Å². The molecule has 106 valence electrons. The molecule has 0 amide bonds. The van der Waals surface area contributed by atoms with E-state index in [9.17, 15) is 0 Å². The molecule has 1 atom stereocenters. The zero-order valence-corrected chi connectivity index (χ0v) is 11.6. The molecule has 6 nitrogen and oxygen atoms in total. The molecule has 0 radical (unpaired) electrons. The third kappa shape index (κ3) is 3.02. The van der Waals surface area contributed by atoms with Gasteiger partial charge >= 0.3 is 0 Å². The lowest BCUT2D eigenvalue weighted by Gasteiger charge is -2.32. The second-order valence-electron chi connectivity index (χ2n) is 5.13. The Morgan fingerprint density at radius 2 is 2.10 bits per heavy atom. The maximum Gasteiger partial charge on any atom is 0.165 e. The third-order valence-corrected chi connectivity index (χ3v) is 3.63. The highest BCUT2D eigenvalue weighted by Gasteiger charge is 2.21. The first-order valence-corrected chi connectivity index (χ1v) is 6.93. The van der Waals surface area contributed by atoms with Crippen LogP contribution in [0.15, 0.2) is 30.3 Å². The quantitative estimate of drug-likeness (QED) is 0.830. The number of aromatic nitrogens is 4. The number of benzene rings is 1. The number of ether oxygens (including phenoxy) is 1. The van der Waals surface area contributed by atoms with Crippen molar-refractivity contribution >= 4 is 0 Å². The topological polar surface area (TPSA) is 56.1 Å². The molecule has 3 rings (SSSR count). The summed E-state index contributed by atoms with van der Waals surface area (Å²) in [5.74, 6) is 0.905. The maximum absolute atomic E-state index is 5.46. The average Bonchev–Trinajstić information content (AvgIpc) is 2.90. The van der Waals surface area contributed by atoms with Gasteiger partial charge in [0, 0.05) is 12.6 Å². The van der Waals surface area contributed by atoms with Gasteiger partial charge < -0.3 is 4.74 Å². The van der Waals surface area contributed by atoms with Gasteiger partial charge in [0.1, 0.15) is 0 Å². The molecule has 1 aliphatic heterocycles. The molecule has 0 unspecified atom stereocenters. The summed E-state index contributed by atoms with van der Waals surface area (Å²) in [4.78, 5) is 2.36. The van der Waals surface area contributed by atoms with E-state index >= 15 is 0 Å². The Morgan fingerprint density at radius 3 is 2.90 bits per heavy atom. The average molecular weight is 273 g/mol. The maximum atomic E-state index is 5.46. The van der Waals surface area contributed by atoms with E-state index in [0.29, 0.717) is 12.6 Å². The molecule has 1 aromatic carbocycles. The Morgan fingerprint density at radius 1 is 1.25 bits per heavy atom. The molecule has 2 heterocycles. The van der Waals surface area contributed by atoms with Crippen molar-refractivity contribution in [2.24, 2.45) is 0 Å². The summed E-state index contributed by atoms with van der Waals surface area (Å²) in [7, 11) is 0. The number of tetrazole rings is 1. The largest absolute Gasteiger partial charge is 0.379 e. The molecule has 0 spiro atoms. The van der Waals surface area contributed by atoms with Crippen LogP contribution in [0.2, 0.25) is 0 Å². The number of morpholine rings is 1. The number of nitrogens with zero attached hydrogens (tertiary/aromatic N) is 5. The summed E-state index contributed by atoms with van der Waals surface area (Å²) in [6, 6.07) is 10.7. The predicted octanol–water partition coefficient (Wildman–Crippen LogP) is 0.942. The van der Waals surface area contributed by atoms with E-state index < -0.39 is 0 Å². The summed E-state index contributed by atoms with van der Waals surface area (Å²) in [5, 5.41) is 12.1. The van der Waals surface area contributed by atoms with E-state index in [1.54, 1.807) is 0 Å². The van der Waals surface area contributed by atoms with Gasteiger partial charge in [0.15, 0.2) is 5.82 Å². The van der Waals surface area contributed by atoms with Gasteiger partial charge in [-0.1, -0.05) is 30.3 Å². The van der Waals surface area contributed by atoms with E-state index in [1.165, 1.54) is 5.56 Å². The van der Waals surface area contributed by atoms with Crippen molar-refractivity contribution in [2.75, 3.05) is 19.8 Å². The number of hydrogen-bond acceptors (Lipinski definition) is 5. The van der Waals surface area contributed by atoms with E-state index in [4.69, 9.17) is 4.74 Å². The number of rotatable bonds is 4. The van der Waals surface area contributed by atoms with Crippen molar-refractivity contribution in [3.8, 4) is 0 Å². The molecule has 0 saturated carbocycles. The minimum atomic E-state index is 0.408. The van der Waals surface area contributed by atoms with Crippen LogP contribution in [0.5, 0.6) is 0 Å². The van der Waals surface area contributed by atoms with Gasteiger partial charge in [0.2, 0.25) is 0 Å². The van der Waals surface area contributed by atoms with Gasteiger partial charge in [0.05, 0.1) is 26.3 Å². The van der Waals surface area contributed by atoms with Crippen LogP contribution in [0.4, 0.5) is 0 Å². The van der Waals surface area contributed by atoms with Crippen molar-refractivity contribution in [3.63, 3.8) is 0 Å². The van der Waals surface area contributed by atoms with E-state index in [1.807, 2.05) is 22.9 Å². The Labute approximate surface area is 118 Å². The highest BCUT2D eigenvalue weighted by Crippen LogP contribution is 2.11. The van der Waals surface area contributed by atoms with E-state index in [2.05, 4.69) is 39.5 Å². The van der Waals surface area contributed by atoms with Crippen LogP contribution in [-0.2, 0) is 17.8 Å². The summed E-state index contributed by atoms with van der Waals surface area (Å²) >= 11 is 0. The third-order valence-electron chi connectivity index (χ3n) is 3.63. The molecule has 0 bridgehead atoms. The van der Waals surface area contributed by atoms with Crippen LogP contribution in [0.3, 0.4) is 0 Å². The monoisotopic (exact) mass is 273 g/mol. The first-order valence-electron chi connectivity index (χ1n) is 6.93. The lowest BCUT2D eigenvalue weighted by atomic mass is 10.2. The molecule has 6 heteroatoms. The van der Waals surface area contributed by atoms with Crippen LogP contribution < -0.4 is 0 Å². The van der Waals surface area contributed by atoms with Crippen molar-refractivity contribution in [1.29, 1.82) is 0 Å². The van der Waals surface area contributed by atoms with E-state index in [0.717, 1.165) is 32.1 Å². The van der Waals surface area contributed by atoms with Gasteiger partial charge in [-0.05, 0) is 22.9 Å². The standard InChI is InChI=1S/C14H19N5O/c1-12-11-20-8-7-18(12)10-14-15-16-17-19(14)9-13-5-3-2-4-6-13/h2-6,12H,7-11H2,1H3/t12-/m0/s1. The van der Waals surface area contributed by atoms with Crippen LogP contribution >= 0.6 is 0 Å². The summed E-state index contributed by atoms with van der Waals surface area (Å²) in [6.45, 7) is 6.14. The van der Waals surface area contributed by atoms with Crippen LogP contribution in [0.1, 0.15) is 18.3 Å². The van der Waals surface area contributed by atoms with Crippen molar-refractivity contribution in [3.05, 3.63) is 41.7 Å². The lowest BCUT2D eigenvalue weighted by Crippen LogP contribution is -2.43. The molecule has 1 saturated heterocycles. The van der Waals surface area contributed by atoms with Gasteiger partial charge in [-0.3, -0.25) is 4.90 Å². The van der Waals surface area contributed by atoms with Crippen molar-refractivity contribution in [2.45, 2.75) is 26.1 Å². The fourth-order valence-corrected chi connectivity index (χ4v) is 2.39. The molecule has 2 aromatic rings. The van der Waals surface area contributed by atoms with Gasteiger partial charge in [-0.2, -0.15) is 0 Å². The zero-order valence-electron chi connectivity index (χ0n) is 11.6. The predicted molar refractivity (Wildman–Crippen MR) is 74.1 cm³/mol. The first-order chi connectivity index (χ1) is 9.83. The minimum Gasteiger partial charge on any atom is -0.379 e. The Hall–Kier alpha value is -1.79. The van der Waals surface area contributed by atoms with Crippen LogP contribution in [0.25, 0.3) is 0 Å². The van der Waals surface area contributed by atoms with Crippen molar-refractivity contribution in [1.82, 2.24) is 25.1 Å². The second kappa shape index (κ2) is 6.11. The fourth-order valence-electron chi connectivity index (χ4n) is 2.39. The van der Waals surface area contributed by atoms with Gasteiger partial charge in [-0.25, -0.2) is 4.68 Å². The van der Waals surface area contributed by atoms with E-state index in [-0.39, 0.29) is 0 Å². The molecule has 20 heavy (non-hydrogen) atoms. The van der Waals surface area contributed by atoms with Crippen molar-refractivity contribution < 1.29 is 4.74 Å². The minimum absolute atomic E-state index is 0.408. The highest BCUT2D eigenvalue weighted by atomic mass is 16.5. The molecule has 0 N–H and O–H groups in total. The molecule has 1 fully saturated rings. The van der Waals surface area contributed by atoms with Gasteiger partial charge in [0.25, 0.3) is 0 Å². The Bertz CT molecular complexity index is 542. The summed E-state index contributed by atoms with van der Waals surface area (Å²) < 4.78 is 7.33. The smallest absolute Gasteiger partial charge is 0.165 e. The normalized spacial score (nSPS) is 20.1. The Kier molecular flexibility index (Phi) is 4.03. The lowest BCUT2D eigenvalue weighted by molar-refractivity contribution is -0.00604. The van der Waals surface area contributed by atoms with Crippen LogP contribution in [0, 0.1) is 0 Å². The molecular weight excluding hydrogens is 254 g/mol.